The maximum Gasteiger partial charge on any atom is 0.0688 e. The average molecular weight is 272 g/mol. The second-order valence-electron chi connectivity index (χ2n) is 4.58. The van der Waals surface area contributed by atoms with Crippen molar-refractivity contribution in [1.82, 2.24) is 4.57 Å². The number of aliphatic hydroxyl groups excluding tert-OH is 1. The lowest BCUT2D eigenvalue weighted by molar-refractivity contribution is 0.283. The van der Waals surface area contributed by atoms with Crippen LogP contribution in [-0.2, 0) is 13.2 Å². The Hall–Kier alpha value is -1.77. The van der Waals surface area contributed by atoms with Crippen LogP contribution in [0.4, 0.5) is 0 Å². The molecule has 0 radical (unpaired) electrons. The maximum atomic E-state index is 9.34. The third kappa shape index (κ3) is 2.37. The summed E-state index contributed by atoms with van der Waals surface area (Å²) in [6.07, 6.45) is 2.05. The predicted molar refractivity (Wildman–Crippen MR) is 78.4 cm³/mol. The Morgan fingerprint density at radius 1 is 1.05 bits per heavy atom. The quantitative estimate of drug-likeness (QED) is 0.769. The number of nitrogens with zero attached hydrogens (tertiary/aromatic N) is 1. The SMILES string of the molecule is OCc1cccc2c1ccn2Cc1cccc(Cl)c1. The molecule has 0 aliphatic rings. The molecule has 0 atom stereocenters. The number of hydrogen-bond acceptors (Lipinski definition) is 1. The minimum absolute atomic E-state index is 0.0680. The van der Waals surface area contributed by atoms with E-state index < -0.39 is 0 Å². The van der Waals surface area contributed by atoms with E-state index in [9.17, 15) is 5.11 Å². The lowest BCUT2D eigenvalue weighted by Gasteiger charge is -2.07. The molecule has 1 aromatic heterocycles. The van der Waals surface area contributed by atoms with Gasteiger partial charge >= 0.3 is 0 Å². The van der Waals surface area contributed by atoms with Crippen molar-refractivity contribution in [3.8, 4) is 0 Å². The Bertz CT molecular complexity index is 718. The molecular formula is C16H14ClNO. The minimum Gasteiger partial charge on any atom is -0.392 e. The van der Waals surface area contributed by atoms with Crippen molar-refractivity contribution in [2.75, 3.05) is 0 Å². The van der Waals surface area contributed by atoms with Gasteiger partial charge in [0.15, 0.2) is 0 Å². The lowest BCUT2D eigenvalue weighted by atomic mass is 10.1. The van der Waals surface area contributed by atoms with E-state index in [-0.39, 0.29) is 6.61 Å². The minimum atomic E-state index is 0.0680. The summed E-state index contributed by atoms with van der Waals surface area (Å²) in [6, 6.07) is 15.9. The monoisotopic (exact) mass is 271 g/mol. The van der Waals surface area contributed by atoms with Crippen LogP contribution in [0.3, 0.4) is 0 Å². The van der Waals surface area contributed by atoms with Crippen LogP contribution in [0.5, 0.6) is 0 Å². The third-order valence-electron chi connectivity index (χ3n) is 3.32. The van der Waals surface area contributed by atoms with Crippen LogP contribution >= 0.6 is 11.6 Å². The van der Waals surface area contributed by atoms with Gasteiger partial charge in [0, 0.05) is 28.7 Å². The molecule has 0 fully saturated rings. The fourth-order valence-electron chi connectivity index (χ4n) is 2.39. The first-order valence-corrected chi connectivity index (χ1v) is 6.58. The zero-order valence-corrected chi connectivity index (χ0v) is 11.1. The molecule has 0 spiro atoms. The van der Waals surface area contributed by atoms with Gasteiger partial charge in [-0.15, -0.1) is 0 Å². The second kappa shape index (κ2) is 5.08. The van der Waals surface area contributed by atoms with Crippen LogP contribution in [-0.4, -0.2) is 9.67 Å². The van der Waals surface area contributed by atoms with Crippen molar-refractivity contribution < 1.29 is 5.11 Å². The zero-order valence-electron chi connectivity index (χ0n) is 10.4. The molecule has 3 aromatic rings. The summed E-state index contributed by atoms with van der Waals surface area (Å²) < 4.78 is 2.17. The van der Waals surface area contributed by atoms with Crippen molar-refractivity contribution in [1.29, 1.82) is 0 Å². The van der Waals surface area contributed by atoms with Gasteiger partial charge in [-0.2, -0.15) is 0 Å². The van der Waals surface area contributed by atoms with E-state index in [1.54, 1.807) is 0 Å². The number of rotatable bonds is 3. The summed E-state index contributed by atoms with van der Waals surface area (Å²) >= 11 is 6.01. The molecule has 0 unspecified atom stereocenters. The van der Waals surface area contributed by atoms with Crippen LogP contribution in [0.25, 0.3) is 10.9 Å². The summed E-state index contributed by atoms with van der Waals surface area (Å²) in [5, 5.41) is 11.2. The van der Waals surface area contributed by atoms with E-state index in [2.05, 4.69) is 16.7 Å². The number of hydrogen-bond donors (Lipinski definition) is 1. The van der Waals surface area contributed by atoms with Crippen molar-refractivity contribution in [2.45, 2.75) is 13.2 Å². The first-order valence-electron chi connectivity index (χ1n) is 6.20. The van der Waals surface area contributed by atoms with Gasteiger partial charge in [0.1, 0.15) is 0 Å². The molecule has 0 aliphatic heterocycles. The second-order valence-corrected chi connectivity index (χ2v) is 5.02. The highest BCUT2D eigenvalue weighted by atomic mass is 35.5. The Morgan fingerprint density at radius 3 is 2.68 bits per heavy atom. The van der Waals surface area contributed by atoms with Crippen molar-refractivity contribution in [3.05, 3.63) is 70.9 Å². The van der Waals surface area contributed by atoms with Crippen LogP contribution in [0.15, 0.2) is 54.7 Å². The molecule has 2 nitrogen and oxygen atoms in total. The average Bonchev–Trinajstić information content (AvgIpc) is 2.82. The van der Waals surface area contributed by atoms with E-state index >= 15 is 0 Å². The van der Waals surface area contributed by atoms with Crippen molar-refractivity contribution in [3.63, 3.8) is 0 Å². The molecule has 0 saturated heterocycles. The molecule has 1 heterocycles. The summed E-state index contributed by atoms with van der Waals surface area (Å²) in [7, 11) is 0. The lowest BCUT2D eigenvalue weighted by Crippen LogP contribution is -1.97. The van der Waals surface area contributed by atoms with Gasteiger partial charge < -0.3 is 9.67 Å². The normalized spacial score (nSPS) is 11.1. The zero-order chi connectivity index (χ0) is 13.2. The van der Waals surface area contributed by atoms with Gasteiger partial charge in [-0.1, -0.05) is 35.9 Å². The van der Waals surface area contributed by atoms with Crippen LogP contribution in [0.2, 0.25) is 5.02 Å². The Balaban J connectivity index is 2.02. The number of fused-ring (bicyclic) bond motifs is 1. The van der Waals surface area contributed by atoms with E-state index in [1.165, 1.54) is 5.56 Å². The van der Waals surface area contributed by atoms with Gasteiger partial charge in [-0.3, -0.25) is 0 Å². The largest absolute Gasteiger partial charge is 0.392 e. The fraction of sp³-hybridized carbons (Fsp3) is 0.125. The first kappa shape index (κ1) is 12.3. The third-order valence-corrected chi connectivity index (χ3v) is 3.55. The van der Waals surface area contributed by atoms with Gasteiger partial charge in [-0.05, 0) is 35.4 Å². The van der Waals surface area contributed by atoms with E-state index in [0.717, 1.165) is 28.0 Å². The topological polar surface area (TPSA) is 25.2 Å². The van der Waals surface area contributed by atoms with Crippen molar-refractivity contribution in [2.24, 2.45) is 0 Å². The first-order chi connectivity index (χ1) is 9.28. The standard InChI is InChI=1S/C16H14ClNO/c17-14-5-1-3-12(9-14)10-18-8-7-15-13(11-19)4-2-6-16(15)18/h1-9,19H,10-11H2. The highest BCUT2D eigenvalue weighted by Crippen LogP contribution is 2.22. The summed E-state index contributed by atoms with van der Waals surface area (Å²) in [4.78, 5) is 0. The van der Waals surface area contributed by atoms with E-state index in [4.69, 9.17) is 11.6 Å². The van der Waals surface area contributed by atoms with Gasteiger partial charge in [0.2, 0.25) is 0 Å². The summed E-state index contributed by atoms with van der Waals surface area (Å²) in [5.74, 6) is 0. The Kier molecular flexibility index (Phi) is 3.28. The molecule has 2 aromatic carbocycles. The smallest absolute Gasteiger partial charge is 0.0688 e. The molecule has 0 saturated carbocycles. The van der Waals surface area contributed by atoms with Gasteiger partial charge in [0.25, 0.3) is 0 Å². The Labute approximate surface area is 116 Å². The molecule has 3 heteroatoms. The van der Waals surface area contributed by atoms with Crippen LogP contribution in [0, 0.1) is 0 Å². The predicted octanol–water partition coefficient (Wildman–Crippen LogP) is 3.84. The molecule has 0 aliphatic carbocycles. The molecule has 0 amide bonds. The van der Waals surface area contributed by atoms with Crippen LogP contribution < -0.4 is 0 Å². The van der Waals surface area contributed by atoms with Crippen molar-refractivity contribution >= 4 is 22.5 Å². The van der Waals surface area contributed by atoms with E-state index in [1.807, 2.05) is 42.6 Å². The molecule has 3 rings (SSSR count). The molecule has 1 N–H and O–H groups in total. The van der Waals surface area contributed by atoms with Crippen LogP contribution in [0.1, 0.15) is 11.1 Å². The Morgan fingerprint density at radius 2 is 1.89 bits per heavy atom. The molecular weight excluding hydrogens is 258 g/mol. The highest BCUT2D eigenvalue weighted by Gasteiger charge is 2.05. The number of aliphatic hydroxyl groups is 1. The molecule has 96 valence electrons. The number of aromatic nitrogens is 1. The van der Waals surface area contributed by atoms with E-state index in [0.29, 0.717) is 0 Å². The number of benzene rings is 2. The fourth-order valence-corrected chi connectivity index (χ4v) is 2.61. The molecule has 19 heavy (non-hydrogen) atoms. The van der Waals surface area contributed by atoms with Gasteiger partial charge in [0.05, 0.1) is 6.61 Å². The summed E-state index contributed by atoms with van der Waals surface area (Å²) in [5.41, 5.74) is 3.26. The summed E-state index contributed by atoms with van der Waals surface area (Å²) in [6.45, 7) is 0.845. The number of halogens is 1. The molecule has 0 bridgehead atoms. The van der Waals surface area contributed by atoms with Gasteiger partial charge in [-0.25, -0.2) is 0 Å². The highest BCUT2D eigenvalue weighted by molar-refractivity contribution is 6.30. The maximum absolute atomic E-state index is 9.34.